The van der Waals surface area contributed by atoms with E-state index < -0.39 is 0 Å². The van der Waals surface area contributed by atoms with Crippen molar-refractivity contribution in [2.45, 2.75) is 0 Å². The Morgan fingerprint density at radius 3 is 1.20 bits per heavy atom. The van der Waals surface area contributed by atoms with Crippen LogP contribution in [0.4, 0.5) is 0 Å². The number of nitrogens with zero attached hydrogens (tertiary/aromatic N) is 2. The van der Waals surface area contributed by atoms with Crippen molar-refractivity contribution in [2.24, 2.45) is 0 Å². The van der Waals surface area contributed by atoms with E-state index in [1.54, 1.807) is 12.1 Å². The number of aromatic nitrogens is 2. The van der Waals surface area contributed by atoms with Gasteiger partial charge in [0.05, 0.1) is 11.4 Å². The molecule has 0 fully saturated rings. The van der Waals surface area contributed by atoms with Gasteiger partial charge >= 0.3 is 0 Å². The Morgan fingerprint density at radius 1 is 0.400 bits per heavy atom. The topological polar surface area (TPSA) is 66.2 Å². The summed E-state index contributed by atoms with van der Waals surface area (Å²) in [4.78, 5) is 8.99. The molecule has 2 aromatic heterocycles. The first-order valence-corrected chi connectivity index (χ1v) is 11.0. The molecular formula is C30H22N2O2Zn. The van der Waals surface area contributed by atoms with Crippen LogP contribution < -0.4 is 0 Å². The summed E-state index contributed by atoms with van der Waals surface area (Å²) in [7, 11) is 0. The van der Waals surface area contributed by atoms with Crippen molar-refractivity contribution in [1.29, 1.82) is 0 Å². The molecule has 0 radical (unpaired) electrons. The number of hydrogen-bond acceptors (Lipinski definition) is 4. The molecule has 2 heterocycles. The van der Waals surface area contributed by atoms with Crippen molar-refractivity contribution in [3.8, 4) is 34.0 Å². The Kier molecular flexibility index (Phi) is 7.49. The van der Waals surface area contributed by atoms with Gasteiger partial charge in [0, 0.05) is 41.4 Å². The number of aromatic hydroxyl groups is 2. The summed E-state index contributed by atoms with van der Waals surface area (Å²) in [6.07, 6.45) is 0. The van der Waals surface area contributed by atoms with E-state index in [0.29, 0.717) is 11.0 Å². The van der Waals surface area contributed by atoms with Gasteiger partial charge in [-0.3, -0.25) is 0 Å². The molecule has 0 atom stereocenters. The van der Waals surface area contributed by atoms with Gasteiger partial charge in [0.1, 0.15) is 22.5 Å². The van der Waals surface area contributed by atoms with Crippen LogP contribution >= 0.6 is 0 Å². The fourth-order valence-electron chi connectivity index (χ4n) is 3.80. The summed E-state index contributed by atoms with van der Waals surface area (Å²) >= 11 is 0. The zero-order valence-electron chi connectivity index (χ0n) is 19.0. The van der Waals surface area contributed by atoms with E-state index >= 15 is 0 Å². The first-order valence-electron chi connectivity index (χ1n) is 11.0. The molecule has 0 amide bonds. The molecular weight excluding hydrogens is 486 g/mol. The van der Waals surface area contributed by atoms with Gasteiger partial charge in [-0.1, -0.05) is 97.1 Å². The minimum absolute atomic E-state index is 0. The molecule has 0 aliphatic heterocycles. The second-order valence-electron chi connectivity index (χ2n) is 7.82. The van der Waals surface area contributed by atoms with E-state index in [1.165, 1.54) is 0 Å². The predicted octanol–water partition coefficient (Wildman–Crippen LogP) is 7.21. The van der Waals surface area contributed by atoms with E-state index in [4.69, 9.17) is 0 Å². The molecule has 166 valence electrons. The summed E-state index contributed by atoms with van der Waals surface area (Å²) in [5.41, 5.74) is 5.15. The number of fused-ring (bicyclic) bond motifs is 2. The van der Waals surface area contributed by atoms with Gasteiger partial charge in [-0.05, 0) is 24.3 Å². The summed E-state index contributed by atoms with van der Waals surface area (Å²) < 4.78 is 0. The fourth-order valence-corrected chi connectivity index (χ4v) is 3.80. The maximum atomic E-state index is 9.78. The number of rotatable bonds is 2. The van der Waals surface area contributed by atoms with Gasteiger partial charge in [-0.25, -0.2) is 9.97 Å². The SMILES string of the molecule is Oc1cccc2ccc(-c3ccccc3)nc12.Oc1cccc2ccc(-c3ccccc3)nc12.[Zn]. The smallest absolute Gasteiger partial charge is 0.141 e. The Bertz CT molecular complexity index is 1450. The molecule has 5 heteroatoms. The summed E-state index contributed by atoms with van der Waals surface area (Å²) in [6.45, 7) is 0. The number of para-hydroxylation sites is 2. The van der Waals surface area contributed by atoms with Gasteiger partial charge in [-0.15, -0.1) is 0 Å². The van der Waals surface area contributed by atoms with E-state index in [1.807, 2.05) is 109 Å². The Labute approximate surface area is 216 Å². The standard InChI is InChI=1S/2C15H11NO.Zn/c2*17-14-8-4-7-12-9-10-13(16-15(12)14)11-5-2-1-3-6-11;/h2*1-10,17H;. The van der Waals surface area contributed by atoms with Gasteiger partial charge in [0.2, 0.25) is 0 Å². The second-order valence-corrected chi connectivity index (χ2v) is 7.82. The normalized spacial score (nSPS) is 10.3. The third kappa shape index (κ3) is 5.37. The van der Waals surface area contributed by atoms with Gasteiger partial charge in [0.25, 0.3) is 0 Å². The van der Waals surface area contributed by atoms with Crippen molar-refractivity contribution in [3.05, 3.63) is 121 Å². The van der Waals surface area contributed by atoms with Crippen LogP contribution in [0.3, 0.4) is 0 Å². The van der Waals surface area contributed by atoms with Crippen molar-refractivity contribution < 1.29 is 29.7 Å². The molecule has 6 rings (SSSR count). The van der Waals surface area contributed by atoms with Crippen LogP contribution in [0.2, 0.25) is 0 Å². The van der Waals surface area contributed by atoms with Crippen molar-refractivity contribution in [2.75, 3.05) is 0 Å². The van der Waals surface area contributed by atoms with Crippen molar-refractivity contribution in [3.63, 3.8) is 0 Å². The maximum absolute atomic E-state index is 9.78. The van der Waals surface area contributed by atoms with E-state index in [-0.39, 0.29) is 31.0 Å². The minimum atomic E-state index is 0. The molecule has 0 spiro atoms. The Morgan fingerprint density at radius 2 is 0.800 bits per heavy atom. The first kappa shape index (κ1) is 24.1. The van der Waals surface area contributed by atoms with Crippen LogP contribution in [0.25, 0.3) is 44.3 Å². The zero-order valence-corrected chi connectivity index (χ0v) is 22.0. The summed E-state index contributed by atoms with van der Waals surface area (Å²) in [5, 5.41) is 21.5. The monoisotopic (exact) mass is 506 g/mol. The van der Waals surface area contributed by atoms with Crippen LogP contribution in [-0.2, 0) is 19.5 Å². The number of benzene rings is 4. The second kappa shape index (κ2) is 10.9. The molecule has 0 saturated heterocycles. The number of phenolic OH excluding ortho intramolecular Hbond substituents is 2. The summed E-state index contributed by atoms with van der Waals surface area (Å²) in [6, 6.07) is 38.6. The van der Waals surface area contributed by atoms with Crippen molar-refractivity contribution >= 4 is 21.8 Å². The molecule has 0 saturated carbocycles. The average Bonchev–Trinajstić information content (AvgIpc) is 2.90. The van der Waals surface area contributed by atoms with Crippen LogP contribution in [0.1, 0.15) is 0 Å². The third-order valence-corrected chi connectivity index (χ3v) is 5.54. The largest absolute Gasteiger partial charge is 0.506 e. The zero-order chi connectivity index (χ0) is 23.3. The molecule has 0 bridgehead atoms. The summed E-state index contributed by atoms with van der Waals surface area (Å²) in [5.74, 6) is 0.445. The van der Waals surface area contributed by atoms with Crippen LogP contribution in [0.15, 0.2) is 121 Å². The van der Waals surface area contributed by atoms with Gasteiger partial charge < -0.3 is 10.2 Å². The van der Waals surface area contributed by atoms with Crippen LogP contribution in [-0.4, -0.2) is 20.2 Å². The number of pyridine rings is 2. The van der Waals surface area contributed by atoms with Crippen molar-refractivity contribution in [1.82, 2.24) is 9.97 Å². The molecule has 0 aliphatic carbocycles. The van der Waals surface area contributed by atoms with Crippen LogP contribution in [0.5, 0.6) is 11.5 Å². The van der Waals surface area contributed by atoms with E-state index in [0.717, 1.165) is 33.3 Å². The fraction of sp³-hybridized carbons (Fsp3) is 0. The Hall–Kier alpha value is -4.08. The average molecular weight is 508 g/mol. The quantitative estimate of drug-likeness (QED) is 0.243. The molecule has 6 aromatic rings. The molecule has 35 heavy (non-hydrogen) atoms. The minimum Gasteiger partial charge on any atom is -0.506 e. The predicted molar refractivity (Wildman–Crippen MR) is 138 cm³/mol. The number of phenols is 2. The van der Waals surface area contributed by atoms with E-state index in [2.05, 4.69) is 9.97 Å². The Balaban J connectivity index is 0.000000160. The molecule has 2 N–H and O–H groups in total. The molecule has 0 unspecified atom stereocenters. The first-order chi connectivity index (χ1) is 16.7. The molecule has 4 nitrogen and oxygen atoms in total. The third-order valence-electron chi connectivity index (χ3n) is 5.54. The number of hydrogen-bond donors (Lipinski definition) is 2. The van der Waals surface area contributed by atoms with Gasteiger partial charge in [0.15, 0.2) is 0 Å². The molecule has 0 aliphatic rings. The molecule has 4 aromatic carbocycles. The van der Waals surface area contributed by atoms with Gasteiger partial charge in [-0.2, -0.15) is 0 Å². The van der Waals surface area contributed by atoms with E-state index in [9.17, 15) is 10.2 Å². The maximum Gasteiger partial charge on any atom is 0.141 e. The van der Waals surface area contributed by atoms with Crippen LogP contribution in [0, 0.1) is 0 Å².